The van der Waals surface area contributed by atoms with E-state index in [2.05, 4.69) is 20.5 Å². The number of carbonyl (C=O) groups is 1. The number of nitrogens with one attached hydrogen (secondary N) is 2. The third kappa shape index (κ3) is 4.44. The van der Waals surface area contributed by atoms with Gasteiger partial charge in [-0.2, -0.15) is 5.26 Å². The van der Waals surface area contributed by atoms with Gasteiger partial charge in [-0.15, -0.1) is 0 Å². The van der Waals surface area contributed by atoms with Crippen LogP contribution in [0.4, 0.5) is 20.7 Å². The fourth-order valence-electron chi connectivity index (χ4n) is 2.80. The number of hydrogen-bond acceptors (Lipinski definition) is 4. The van der Waals surface area contributed by atoms with Crippen LogP contribution in [0.1, 0.15) is 18.5 Å². The fourth-order valence-corrected chi connectivity index (χ4v) is 2.80. The normalized spacial score (nSPS) is 14.6. The van der Waals surface area contributed by atoms with E-state index in [9.17, 15) is 9.18 Å². The fraction of sp³-hybridized carbons (Fsp3) is 0.278. The van der Waals surface area contributed by atoms with E-state index in [1.807, 2.05) is 18.2 Å². The summed E-state index contributed by atoms with van der Waals surface area (Å²) in [5.41, 5.74) is 0.949. The zero-order valence-electron chi connectivity index (χ0n) is 13.6. The first-order valence-electron chi connectivity index (χ1n) is 8.09. The summed E-state index contributed by atoms with van der Waals surface area (Å²) in [6, 6.07) is 12.8. The maximum Gasteiger partial charge on any atom is 0.319 e. The van der Waals surface area contributed by atoms with Gasteiger partial charge in [0, 0.05) is 24.8 Å². The Morgan fingerprint density at radius 3 is 2.60 bits per heavy atom. The summed E-state index contributed by atoms with van der Waals surface area (Å²) < 4.78 is 12.9. The molecule has 1 saturated heterocycles. The Labute approximate surface area is 145 Å². The molecule has 25 heavy (non-hydrogen) atoms. The Morgan fingerprint density at radius 2 is 1.92 bits per heavy atom. The van der Waals surface area contributed by atoms with E-state index in [0.29, 0.717) is 11.4 Å². The highest BCUT2D eigenvalue weighted by atomic mass is 19.1. The molecule has 3 rings (SSSR count). The third-order valence-electron chi connectivity index (χ3n) is 4.11. The molecule has 2 heterocycles. The summed E-state index contributed by atoms with van der Waals surface area (Å²) in [4.78, 5) is 18.4. The summed E-state index contributed by atoms with van der Waals surface area (Å²) >= 11 is 0. The predicted octanol–water partition coefficient (Wildman–Crippen LogP) is 2.88. The van der Waals surface area contributed by atoms with E-state index in [0.717, 1.165) is 31.7 Å². The first-order chi connectivity index (χ1) is 12.1. The van der Waals surface area contributed by atoms with Gasteiger partial charge in [-0.25, -0.2) is 14.2 Å². The van der Waals surface area contributed by atoms with E-state index >= 15 is 0 Å². The minimum atomic E-state index is -0.340. The third-order valence-corrected chi connectivity index (χ3v) is 4.11. The van der Waals surface area contributed by atoms with Gasteiger partial charge in [0.1, 0.15) is 23.4 Å². The lowest BCUT2D eigenvalue weighted by Crippen LogP contribution is -2.46. The second kappa shape index (κ2) is 7.62. The summed E-state index contributed by atoms with van der Waals surface area (Å²) in [7, 11) is 0. The number of nitrogens with zero attached hydrogens (tertiary/aromatic N) is 3. The van der Waals surface area contributed by atoms with Crippen molar-refractivity contribution in [1.82, 2.24) is 10.3 Å². The van der Waals surface area contributed by atoms with E-state index in [4.69, 9.17) is 5.26 Å². The highest BCUT2D eigenvalue weighted by Crippen LogP contribution is 2.18. The van der Waals surface area contributed by atoms with Crippen molar-refractivity contribution >= 4 is 17.5 Å². The Bertz CT molecular complexity index is 779. The van der Waals surface area contributed by atoms with Crippen LogP contribution in [0.25, 0.3) is 0 Å². The van der Waals surface area contributed by atoms with Crippen LogP contribution in [0.2, 0.25) is 0 Å². The number of carbonyl (C=O) groups excluding carboxylic acids is 1. The number of amides is 2. The average Bonchev–Trinajstić information content (AvgIpc) is 2.64. The van der Waals surface area contributed by atoms with Crippen LogP contribution < -0.4 is 15.5 Å². The number of pyridine rings is 1. The van der Waals surface area contributed by atoms with Crippen molar-refractivity contribution in [3.05, 3.63) is 54.0 Å². The molecule has 0 spiro atoms. The van der Waals surface area contributed by atoms with E-state index in [1.165, 1.54) is 24.3 Å². The Balaban J connectivity index is 1.49. The number of halogens is 1. The number of nitriles is 1. The largest absolute Gasteiger partial charge is 0.356 e. The minimum Gasteiger partial charge on any atom is -0.356 e. The molecule has 2 amide bonds. The minimum absolute atomic E-state index is 0.0656. The van der Waals surface area contributed by atoms with Crippen molar-refractivity contribution in [1.29, 1.82) is 5.26 Å². The molecular weight excluding hydrogens is 321 g/mol. The Kier molecular flexibility index (Phi) is 5.09. The molecule has 2 aromatic rings. The number of piperidine rings is 1. The molecule has 0 saturated carbocycles. The van der Waals surface area contributed by atoms with Crippen molar-refractivity contribution < 1.29 is 9.18 Å². The number of urea groups is 1. The lowest BCUT2D eigenvalue weighted by Gasteiger charge is -2.33. The molecule has 0 aliphatic carbocycles. The van der Waals surface area contributed by atoms with Crippen LogP contribution in [0.3, 0.4) is 0 Å². The van der Waals surface area contributed by atoms with Gasteiger partial charge in [0.25, 0.3) is 0 Å². The zero-order chi connectivity index (χ0) is 17.6. The molecule has 128 valence electrons. The molecule has 7 heteroatoms. The average molecular weight is 339 g/mol. The van der Waals surface area contributed by atoms with Gasteiger partial charge < -0.3 is 15.5 Å². The first-order valence-corrected chi connectivity index (χ1v) is 8.09. The molecule has 2 N–H and O–H groups in total. The lowest BCUT2D eigenvalue weighted by molar-refractivity contribution is 0.246. The number of benzene rings is 1. The van der Waals surface area contributed by atoms with Crippen molar-refractivity contribution in [2.75, 3.05) is 23.3 Å². The number of hydrogen-bond donors (Lipinski definition) is 2. The molecule has 1 aromatic heterocycles. The van der Waals surface area contributed by atoms with Crippen molar-refractivity contribution in [2.45, 2.75) is 18.9 Å². The molecule has 1 fully saturated rings. The maximum atomic E-state index is 12.9. The molecule has 1 aromatic carbocycles. The highest BCUT2D eigenvalue weighted by Gasteiger charge is 2.21. The number of aromatic nitrogens is 1. The second-order valence-corrected chi connectivity index (χ2v) is 5.86. The van der Waals surface area contributed by atoms with Gasteiger partial charge in [0.2, 0.25) is 0 Å². The van der Waals surface area contributed by atoms with Crippen molar-refractivity contribution in [2.24, 2.45) is 0 Å². The highest BCUT2D eigenvalue weighted by molar-refractivity contribution is 5.89. The summed E-state index contributed by atoms with van der Waals surface area (Å²) in [5, 5.41) is 14.6. The van der Waals surface area contributed by atoms with E-state index < -0.39 is 0 Å². The molecule has 0 bridgehead atoms. The van der Waals surface area contributed by atoms with E-state index in [-0.39, 0.29) is 17.9 Å². The second-order valence-electron chi connectivity index (χ2n) is 5.86. The van der Waals surface area contributed by atoms with Gasteiger partial charge in [-0.05, 0) is 49.2 Å². The van der Waals surface area contributed by atoms with Crippen LogP contribution >= 0.6 is 0 Å². The van der Waals surface area contributed by atoms with Crippen LogP contribution in [-0.4, -0.2) is 30.1 Å². The molecule has 1 aliphatic heterocycles. The number of rotatable bonds is 3. The summed E-state index contributed by atoms with van der Waals surface area (Å²) in [5.74, 6) is 0.445. The molecule has 6 nitrogen and oxygen atoms in total. The summed E-state index contributed by atoms with van der Waals surface area (Å²) in [6.45, 7) is 1.51. The van der Waals surface area contributed by atoms with Gasteiger partial charge in [0.15, 0.2) is 0 Å². The van der Waals surface area contributed by atoms with Gasteiger partial charge in [-0.1, -0.05) is 6.07 Å². The maximum absolute atomic E-state index is 12.9. The monoisotopic (exact) mass is 339 g/mol. The van der Waals surface area contributed by atoms with Crippen LogP contribution in [-0.2, 0) is 0 Å². The van der Waals surface area contributed by atoms with Gasteiger partial charge >= 0.3 is 6.03 Å². The SMILES string of the molecule is N#Cc1cccc(N2CCC(NC(=O)Nc3ccc(F)cc3)CC2)n1. The molecule has 0 unspecified atom stereocenters. The zero-order valence-corrected chi connectivity index (χ0v) is 13.6. The molecular formula is C18H18FN5O. The Hall–Kier alpha value is -3.14. The van der Waals surface area contributed by atoms with Crippen molar-refractivity contribution in [3.63, 3.8) is 0 Å². The van der Waals surface area contributed by atoms with E-state index in [1.54, 1.807) is 6.07 Å². The topological polar surface area (TPSA) is 81.0 Å². The smallest absolute Gasteiger partial charge is 0.319 e. The van der Waals surface area contributed by atoms with Crippen LogP contribution in [0, 0.1) is 17.1 Å². The predicted molar refractivity (Wildman–Crippen MR) is 92.7 cm³/mol. The lowest BCUT2D eigenvalue weighted by atomic mass is 10.1. The van der Waals surface area contributed by atoms with Crippen LogP contribution in [0.5, 0.6) is 0 Å². The molecule has 1 aliphatic rings. The Morgan fingerprint density at radius 1 is 1.20 bits per heavy atom. The quantitative estimate of drug-likeness (QED) is 0.901. The van der Waals surface area contributed by atoms with Crippen LogP contribution in [0.15, 0.2) is 42.5 Å². The number of anilines is 2. The standard InChI is InChI=1S/C18H18FN5O/c19-13-4-6-14(7-5-13)22-18(25)23-15-8-10-24(11-9-15)17-3-1-2-16(12-20)21-17/h1-7,15H,8-11H2,(H2,22,23,25). The van der Waals surface area contributed by atoms with Crippen molar-refractivity contribution in [3.8, 4) is 6.07 Å². The summed E-state index contributed by atoms with van der Waals surface area (Å²) in [6.07, 6.45) is 1.57. The molecule has 0 radical (unpaired) electrons. The first kappa shape index (κ1) is 16.7. The molecule has 0 atom stereocenters. The van der Waals surface area contributed by atoms with Gasteiger partial charge in [0.05, 0.1) is 0 Å². The van der Waals surface area contributed by atoms with Gasteiger partial charge in [-0.3, -0.25) is 0 Å².